The summed E-state index contributed by atoms with van der Waals surface area (Å²) in [6, 6.07) is 13.6. The van der Waals surface area contributed by atoms with Gasteiger partial charge in [-0.05, 0) is 74.2 Å². The molecule has 5 heteroatoms. The molecule has 0 saturated carbocycles. The third-order valence-electron chi connectivity index (χ3n) is 5.21. The van der Waals surface area contributed by atoms with Crippen LogP contribution in [0.1, 0.15) is 47.7 Å². The van der Waals surface area contributed by atoms with Crippen molar-refractivity contribution in [1.82, 2.24) is 5.32 Å². The number of ketones is 1. The molecule has 148 valence electrons. The number of rotatable bonds is 9. The van der Waals surface area contributed by atoms with Crippen LogP contribution in [-0.2, 0) is 17.6 Å². The summed E-state index contributed by atoms with van der Waals surface area (Å²) in [6.07, 6.45) is 4.13. The molecule has 0 aromatic heterocycles. The number of halogens is 1. The molecule has 0 fully saturated rings. The van der Waals surface area contributed by atoms with Gasteiger partial charge in [-0.3, -0.25) is 9.59 Å². The molecule has 1 heterocycles. The first-order valence-corrected chi connectivity index (χ1v) is 10.3. The highest BCUT2D eigenvalue weighted by molar-refractivity contribution is 6.31. The fraction of sp³-hybridized carbons (Fsp3) is 0.391. The van der Waals surface area contributed by atoms with Crippen molar-refractivity contribution in [3.8, 4) is 0 Å². The summed E-state index contributed by atoms with van der Waals surface area (Å²) in [5.41, 5.74) is 3.97. The molecule has 1 aliphatic heterocycles. The van der Waals surface area contributed by atoms with Gasteiger partial charge in [0.15, 0.2) is 5.78 Å². The van der Waals surface area contributed by atoms with Gasteiger partial charge in [-0.15, -0.1) is 0 Å². The Balaban J connectivity index is 1.36. The Kier molecular flexibility index (Phi) is 7.24. The van der Waals surface area contributed by atoms with Crippen LogP contribution in [0.25, 0.3) is 0 Å². The van der Waals surface area contributed by atoms with E-state index in [1.807, 2.05) is 36.4 Å². The fourth-order valence-corrected chi connectivity index (χ4v) is 3.86. The van der Waals surface area contributed by atoms with Gasteiger partial charge in [0.1, 0.15) is 0 Å². The number of anilines is 1. The van der Waals surface area contributed by atoms with Crippen LogP contribution in [0.4, 0.5) is 5.69 Å². The molecule has 2 aromatic carbocycles. The van der Waals surface area contributed by atoms with Gasteiger partial charge in [0, 0.05) is 36.2 Å². The molecule has 0 saturated heterocycles. The highest BCUT2D eigenvalue weighted by Gasteiger charge is 2.22. The van der Waals surface area contributed by atoms with Gasteiger partial charge < -0.3 is 10.2 Å². The van der Waals surface area contributed by atoms with Gasteiger partial charge in [-0.25, -0.2) is 0 Å². The summed E-state index contributed by atoms with van der Waals surface area (Å²) in [6.45, 7) is 4.07. The number of Topliss-reactive ketones (excluding diaryl/α,β-unsaturated/α-hetero) is 1. The van der Waals surface area contributed by atoms with Gasteiger partial charge >= 0.3 is 0 Å². The minimum absolute atomic E-state index is 0.0554. The first-order chi connectivity index (χ1) is 13.6. The van der Waals surface area contributed by atoms with E-state index in [0.29, 0.717) is 13.0 Å². The predicted molar refractivity (Wildman–Crippen MR) is 114 cm³/mol. The van der Waals surface area contributed by atoms with Crippen LogP contribution >= 0.6 is 11.6 Å². The summed E-state index contributed by atoms with van der Waals surface area (Å²) >= 11 is 6.15. The van der Waals surface area contributed by atoms with Gasteiger partial charge in [0.25, 0.3) is 0 Å². The van der Waals surface area contributed by atoms with Crippen LogP contribution in [0, 0.1) is 0 Å². The number of nitrogens with zero attached hydrogens (tertiary/aromatic N) is 1. The maximum atomic E-state index is 12.5. The molecule has 4 nitrogen and oxygen atoms in total. The zero-order valence-electron chi connectivity index (χ0n) is 16.3. The van der Waals surface area contributed by atoms with Gasteiger partial charge in [-0.1, -0.05) is 29.8 Å². The summed E-state index contributed by atoms with van der Waals surface area (Å²) < 4.78 is 0. The van der Waals surface area contributed by atoms with Crippen molar-refractivity contribution in [3.05, 3.63) is 64.2 Å². The SMILES string of the molecule is CC(=O)N1CCc2cc(C(=O)CCCCNCCc3ccccc3Cl)ccc21. The molecule has 0 unspecified atom stereocenters. The second-order valence-electron chi connectivity index (χ2n) is 7.24. The minimum Gasteiger partial charge on any atom is -0.316 e. The van der Waals surface area contributed by atoms with Gasteiger partial charge in [0.2, 0.25) is 5.91 Å². The number of benzene rings is 2. The molecule has 1 aliphatic rings. The van der Waals surface area contributed by atoms with E-state index in [1.165, 1.54) is 0 Å². The maximum Gasteiger partial charge on any atom is 0.223 e. The first kappa shape index (κ1) is 20.6. The molecule has 0 radical (unpaired) electrons. The quantitative estimate of drug-likeness (QED) is 0.502. The smallest absolute Gasteiger partial charge is 0.223 e. The molecular weight excluding hydrogens is 372 g/mol. The Labute approximate surface area is 171 Å². The van der Waals surface area contributed by atoms with E-state index in [4.69, 9.17) is 11.6 Å². The average Bonchev–Trinajstić information content (AvgIpc) is 3.12. The fourth-order valence-electron chi connectivity index (χ4n) is 3.63. The van der Waals surface area contributed by atoms with Crippen molar-refractivity contribution >= 4 is 29.0 Å². The third kappa shape index (κ3) is 5.21. The normalized spacial score (nSPS) is 12.9. The van der Waals surface area contributed by atoms with Crippen molar-refractivity contribution in [3.63, 3.8) is 0 Å². The van der Waals surface area contributed by atoms with E-state index >= 15 is 0 Å². The Morgan fingerprint density at radius 2 is 1.93 bits per heavy atom. The van der Waals surface area contributed by atoms with Gasteiger partial charge in [0.05, 0.1) is 0 Å². The molecule has 0 spiro atoms. The van der Waals surface area contributed by atoms with Crippen LogP contribution < -0.4 is 10.2 Å². The van der Waals surface area contributed by atoms with Crippen molar-refractivity contribution < 1.29 is 9.59 Å². The maximum absolute atomic E-state index is 12.5. The number of fused-ring (bicyclic) bond motifs is 1. The Morgan fingerprint density at radius 1 is 1.11 bits per heavy atom. The standard InChI is InChI=1S/C23H27ClN2O2/c1-17(27)26-15-12-19-16-20(9-10-22(19)26)23(28)8-4-5-13-25-14-11-18-6-2-3-7-21(18)24/h2-3,6-7,9-10,16,25H,4-5,8,11-15H2,1H3. The number of unbranched alkanes of at least 4 members (excludes halogenated alkanes) is 1. The van der Waals surface area contributed by atoms with Crippen LogP contribution in [0.2, 0.25) is 5.02 Å². The molecule has 3 rings (SSSR count). The van der Waals surface area contributed by atoms with Crippen LogP contribution in [0.5, 0.6) is 0 Å². The van der Waals surface area contributed by atoms with Crippen molar-refractivity contribution in [2.24, 2.45) is 0 Å². The predicted octanol–water partition coefficient (Wildman–Crippen LogP) is 4.43. The molecule has 1 amide bonds. The number of nitrogens with one attached hydrogen (secondary N) is 1. The number of amides is 1. The van der Waals surface area contributed by atoms with Crippen molar-refractivity contribution in [2.75, 3.05) is 24.5 Å². The van der Waals surface area contributed by atoms with Crippen molar-refractivity contribution in [1.29, 1.82) is 0 Å². The largest absolute Gasteiger partial charge is 0.316 e. The Hall–Kier alpha value is -2.17. The number of carbonyl (C=O) groups excluding carboxylic acids is 2. The molecule has 0 aliphatic carbocycles. The first-order valence-electron chi connectivity index (χ1n) is 9.94. The van der Waals surface area contributed by atoms with E-state index in [2.05, 4.69) is 11.4 Å². The lowest BCUT2D eigenvalue weighted by molar-refractivity contribution is -0.116. The summed E-state index contributed by atoms with van der Waals surface area (Å²) in [4.78, 5) is 25.9. The van der Waals surface area contributed by atoms with Crippen molar-refractivity contribution in [2.45, 2.75) is 39.0 Å². The molecule has 0 atom stereocenters. The Morgan fingerprint density at radius 3 is 2.71 bits per heavy atom. The second kappa shape index (κ2) is 9.85. The van der Waals surface area contributed by atoms with Gasteiger partial charge in [-0.2, -0.15) is 0 Å². The summed E-state index contributed by atoms with van der Waals surface area (Å²) in [5, 5.41) is 4.23. The second-order valence-corrected chi connectivity index (χ2v) is 7.64. The monoisotopic (exact) mass is 398 g/mol. The number of hydrogen-bond acceptors (Lipinski definition) is 3. The topological polar surface area (TPSA) is 49.4 Å². The lowest BCUT2D eigenvalue weighted by Gasteiger charge is -2.14. The van der Waals surface area contributed by atoms with E-state index < -0.39 is 0 Å². The number of carbonyl (C=O) groups is 2. The lowest BCUT2D eigenvalue weighted by atomic mass is 10.0. The molecular formula is C23H27ClN2O2. The molecule has 1 N–H and O–H groups in total. The van der Waals surface area contributed by atoms with Crippen LogP contribution in [-0.4, -0.2) is 31.3 Å². The van der Waals surface area contributed by atoms with Crippen LogP contribution in [0.15, 0.2) is 42.5 Å². The van der Waals surface area contributed by atoms with E-state index in [1.54, 1.807) is 11.8 Å². The number of hydrogen-bond donors (Lipinski definition) is 1. The van der Waals surface area contributed by atoms with E-state index in [9.17, 15) is 9.59 Å². The highest BCUT2D eigenvalue weighted by Crippen LogP contribution is 2.29. The summed E-state index contributed by atoms with van der Waals surface area (Å²) in [5.74, 6) is 0.236. The lowest BCUT2D eigenvalue weighted by Crippen LogP contribution is -2.25. The van der Waals surface area contributed by atoms with E-state index in [0.717, 1.165) is 66.2 Å². The zero-order chi connectivity index (χ0) is 19.9. The average molecular weight is 399 g/mol. The minimum atomic E-state index is 0.0554. The summed E-state index contributed by atoms with van der Waals surface area (Å²) in [7, 11) is 0. The zero-order valence-corrected chi connectivity index (χ0v) is 17.1. The van der Waals surface area contributed by atoms with E-state index in [-0.39, 0.29) is 11.7 Å². The molecule has 28 heavy (non-hydrogen) atoms. The highest BCUT2D eigenvalue weighted by atomic mass is 35.5. The molecule has 2 aromatic rings. The Bertz CT molecular complexity index is 850. The third-order valence-corrected chi connectivity index (χ3v) is 5.58. The molecule has 0 bridgehead atoms. The van der Waals surface area contributed by atoms with Crippen LogP contribution in [0.3, 0.4) is 0 Å².